The molecule has 34 heavy (non-hydrogen) atoms. The minimum absolute atomic E-state index is 0.0573. The summed E-state index contributed by atoms with van der Waals surface area (Å²) in [7, 11) is 0. The molecule has 2 aromatic carbocycles. The summed E-state index contributed by atoms with van der Waals surface area (Å²) in [5.74, 6) is -0.729. The number of carbonyl (C=O) groups is 3. The van der Waals surface area contributed by atoms with Crippen molar-refractivity contribution in [2.45, 2.75) is 19.4 Å². The molecule has 5 rings (SSSR count). The maximum atomic E-state index is 13.1. The molecule has 3 amide bonds. The lowest BCUT2D eigenvalue weighted by atomic mass is 10.1. The van der Waals surface area contributed by atoms with Gasteiger partial charge in [0.05, 0.1) is 17.9 Å². The van der Waals surface area contributed by atoms with Crippen LogP contribution in [0, 0.1) is 5.82 Å². The van der Waals surface area contributed by atoms with E-state index in [-0.39, 0.29) is 36.4 Å². The molecule has 3 heterocycles. The highest BCUT2D eigenvalue weighted by Gasteiger charge is 2.30. The summed E-state index contributed by atoms with van der Waals surface area (Å²) in [6.45, 7) is 3.42. The second-order valence-corrected chi connectivity index (χ2v) is 9.31. The number of benzene rings is 2. The average molecular weight is 479 g/mol. The molecule has 0 bridgehead atoms. The number of thiazole rings is 1. The van der Waals surface area contributed by atoms with E-state index in [4.69, 9.17) is 0 Å². The number of hydrogen-bond acceptors (Lipinski definition) is 6. The van der Waals surface area contributed by atoms with Crippen molar-refractivity contribution in [3.05, 3.63) is 70.3 Å². The molecular formula is C25H23FN4O3S. The van der Waals surface area contributed by atoms with Crippen LogP contribution < -0.4 is 4.90 Å². The highest BCUT2D eigenvalue weighted by Crippen LogP contribution is 2.25. The Morgan fingerprint density at radius 3 is 2.21 bits per heavy atom. The van der Waals surface area contributed by atoms with Gasteiger partial charge >= 0.3 is 0 Å². The highest BCUT2D eigenvalue weighted by molar-refractivity contribution is 7.09. The van der Waals surface area contributed by atoms with Crippen molar-refractivity contribution in [3.8, 4) is 11.3 Å². The molecule has 2 fully saturated rings. The van der Waals surface area contributed by atoms with Gasteiger partial charge in [0.15, 0.2) is 0 Å². The number of amides is 3. The second-order valence-electron chi connectivity index (χ2n) is 8.37. The highest BCUT2D eigenvalue weighted by atomic mass is 32.1. The Balaban J connectivity index is 1.15. The fourth-order valence-corrected chi connectivity index (χ4v) is 5.08. The second kappa shape index (κ2) is 9.44. The van der Waals surface area contributed by atoms with Gasteiger partial charge in [-0.2, -0.15) is 0 Å². The van der Waals surface area contributed by atoms with Gasteiger partial charge in [-0.05, 0) is 48.5 Å². The van der Waals surface area contributed by atoms with E-state index in [2.05, 4.69) is 9.88 Å². The van der Waals surface area contributed by atoms with E-state index in [0.29, 0.717) is 30.9 Å². The van der Waals surface area contributed by atoms with E-state index in [1.54, 1.807) is 47.7 Å². The number of halogens is 1. The monoisotopic (exact) mass is 478 g/mol. The fourth-order valence-electron chi connectivity index (χ4n) is 4.24. The van der Waals surface area contributed by atoms with Gasteiger partial charge in [0.1, 0.15) is 10.8 Å². The molecule has 3 aromatic rings. The number of rotatable bonds is 5. The van der Waals surface area contributed by atoms with Crippen LogP contribution in [0.4, 0.5) is 10.1 Å². The summed E-state index contributed by atoms with van der Waals surface area (Å²) in [6.07, 6.45) is 0.469. The van der Waals surface area contributed by atoms with Crippen LogP contribution in [0.3, 0.4) is 0 Å². The molecule has 2 saturated heterocycles. The summed E-state index contributed by atoms with van der Waals surface area (Å²) in [5.41, 5.74) is 2.79. The first-order chi connectivity index (χ1) is 16.5. The normalized spacial score (nSPS) is 17.0. The average Bonchev–Trinajstić information content (AvgIpc) is 3.45. The lowest BCUT2D eigenvalue weighted by Gasteiger charge is -2.34. The van der Waals surface area contributed by atoms with E-state index in [9.17, 15) is 18.8 Å². The third-order valence-corrected chi connectivity index (χ3v) is 6.97. The van der Waals surface area contributed by atoms with Crippen LogP contribution >= 0.6 is 11.3 Å². The Labute approximate surface area is 200 Å². The molecule has 0 aliphatic carbocycles. The third-order valence-electron chi connectivity index (χ3n) is 6.13. The van der Waals surface area contributed by atoms with Crippen molar-refractivity contribution in [2.24, 2.45) is 0 Å². The Hall–Kier alpha value is -3.43. The van der Waals surface area contributed by atoms with Crippen molar-refractivity contribution in [1.82, 2.24) is 14.8 Å². The largest absolute Gasteiger partial charge is 0.336 e. The molecule has 0 saturated carbocycles. The molecule has 7 nitrogen and oxygen atoms in total. The minimum atomic E-state index is -0.264. The van der Waals surface area contributed by atoms with Crippen molar-refractivity contribution >= 4 is 34.7 Å². The lowest BCUT2D eigenvalue weighted by molar-refractivity contribution is -0.121. The number of imide groups is 1. The first-order valence-corrected chi connectivity index (χ1v) is 12.0. The number of carbonyl (C=O) groups excluding carboxylic acids is 3. The SMILES string of the molecule is O=C(c1ccc(N2C(=O)CCC2=O)cc1)N1CCN(Cc2nc(-c3ccc(F)cc3)cs2)CC1. The molecule has 2 aliphatic rings. The van der Waals surface area contributed by atoms with Crippen LogP contribution in [0.15, 0.2) is 53.9 Å². The maximum Gasteiger partial charge on any atom is 0.253 e. The predicted molar refractivity (Wildman–Crippen MR) is 127 cm³/mol. The molecule has 0 spiro atoms. The first kappa shape index (κ1) is 22.4. The molecule has 9 heteroatoms. The van der Waals surface area contributed by atoms with Gasteiger partial charge in [0, 0.05) is 55.5 Å². The molecule has 1 aromatic heterocycles. The molecule has 0 atom stereocenters. The summed E-state index contributed by atoms with van der Waals surface area (Å²) in [6, 6.07) is 13.0. The zero-order valence-corrected chi connectivity index (χ0v) is 19.3. The molecule has 0 radical (unpaired) electrons. The van der Waals surface area contributed by atoms with Gasteiger partial charge in [-0.15, -0.1) is 11.3 Å². The van der Waals surface area contributed by atoms with Crippen LogP contribution in [-0.4, -0.2) is 58.7 Å². The smallest absolute Gasteiger partial charge is 0.253 e. The number of nitrogens with zero attached hydrogens (tertiary/aromatic N) is 4. The fraction of sp³-hybridized carbons (Fsp3) is 0.280. The predicted octanol–water partition coefficient (Wildman–Crippen LogP) is 3.56. The number of aromatic nitrogens is 1. The minimum Gasteiger partial charge on any atom is -0.336 e. The Kier molecular flexibility index (Phi) is 6.21. The number of piperazine rings is 1. The Bertz CT molecular complexity index is 1200. The van der Waals surface area contributed by atoms with Crippen molar-refractivity contribution in [2.75, 3.05) is 31.1 Å². The maximum absolute atomic E-state index is 13.1. The Morgan fingerprint density at radius 1 is 0.912 bits per heavy atom. The van der Waals surface area contributed by atoms with Crippen LogP contribution in [-0.2, 0) is 16.1 Å². The molecule has 2 aliphatic heterocycles. The van der Waals surface area contributed by atoms with Crippen molar-refractivity contribution < 1.29 is 18.8 Å². The summed E-state index contributed by atoms with van der Waals surface area (Å²) in [4.78, 5) is 46.7. The molecule has 0 unspecified atom stereocenters. The zero-order valence-electron chi connectivity index (χ0n) is 18.4. The quantitative estimate of drug-likeness (QED) is 0.525. The summed E-state index contributed by atoms with van der Waals surface area (Å²) in [5, 5.41) is 2.97. The van der Waals surface area contributed by atoms with Crippen molar-refractivity contribution in [3.63, 3.8) is 0 Å². The van der Waals surface area contributed by atoms with Gasteiger partial charge in [-0.3, -0.25) is 24.2 Å². The Morgan fingerprint density at radius 2 is 1.56 bits per heavy atom. The van der Waals surface area contributed by atoms with E-state index in [1.165, 1.54) is 17.0 Å². The summed E-state index contributed by atoms with van der Waals surface area (Å²) < 4.78 is 13.1. The van der Waals surface area contributed by atoms with Gasteiger partial charge in [-0.25, -0.2) is 9.37 Å². The van der Waals surface area contributed by atoms with Gasteiger partial charge in [-0.1, -0.05) is 0 Å². The van der Waals surface area contributed by atoms with E-state index in [0.717, 1.165) is 29.4 Å². The number of hydrogen-bond donors (Lipinski definition) is 0. The van der Waals surface area contributed by atoms with E-state index in [1.807, 2.05) is 10.3 Å². The zero-order chi connectivity index (χ0) is 23.7. The molecule has 0 N–H and O–H groups in total. The van der Waals surface area contributed by atoms with Crippen LogP contribution in [0.25, 0.3) is 11.3 Å². The van der Waals surface area contributed by atoms with Gasteiger partial charge < -0.3 is 4.90 Å². The molecule has 174 valence electrons. The standard InChI is InChI=1S/C25H23FN4O3S/c26-19-5-1-17(2-6-19)21-16-34-22(27-21)15-28-11-13-29(14-12-28)25(33)18-3-7-20(8-4-18)30-23(31)9-10-24(30)32/h1-8,16H,9-15H2. The van der Waals surface area contributed by atoms with E-state index < -0.39 is 0 Å². The number of anilines is 1. The van der Waals surface area contributed by atoms with Gasteiger partial charge in [0.25, 0.3) is 5.91 Å². The van der Waals surface area contributed by atoms with E-state index >= 15 is 0 Å². The topological polar surface area (TPSA) is 73.8 Å². The van der Waals surface area contributed by atoms with Gasteiger partial charge in [0.2, 0.25) is 11.8 Å². The molecular weight excluding hydrogens is 455 g/mol. The van der Waals surface area contributed by atoms with Crippen LogP contribution in [0.2, 0.25) is 0 Å². The van der Waals surface area contributed by atoms with Crippen molar-refractivity contribution in [1.29, 1.82) is 0 Å². The summed E-state index contributed by atoms with van der Waals surface area (Å²) >= 11 is 1.58. The van der Waals surface area contributed by atoms with Crippen LogP contribution in [0.1, 0.15) is 28.2 Å². The third kappa shape index (κ3) is 4.62. The lowest BCUT2D eigenvalue weighted by Crippen LogP contribution is -2.48. The first-order valence-electron chi connectivity index (χ1n) is 11.2. The van der Waals surface area contributed by atoms with Crippen LogP contribution in [0.5, 0.6) is 0 Å².